The van der Waals surface area contributed by atoms with E-state index in [4.69, 9.17) is 11.6 Å². The van der Waals surface area contributed by atoms with Crippen LogP contribution in [0.2, 0.25) is 0 Å². The van der Waals surface area contributed by atoms with Crippen LogP contribution in [0.5, 0.6) is 0 Å². The van der Waals surface area contributed by atoms with Crippen molar-refractivity contribution < 1.29 is 4.79 Å². The van der Waals surface area contributed by atoms with Gasteiger partial charge in [0.25, 0.3) is 0 Å². The molecule has 1 aromatic rings. The molecule has 0 saturated heterocycles. The maximum atomic E-state index is 11.0. The number of halogens is 1. The van der Waals surface area contributed by atoms with Gasteiger partial charge < -0.3 is 0 Å². The Morgan fingerprint density at radius 2 is 2.00 bits per heavy atom. The quantitative estimate of drug-likeness (QED) is 0.674. The molecule has 0 aliphatic rings. The zero-order valence-corrected chi connectivity index (χ0v) is 8.00. The van der Waals surface area contributed by atoms with Crippen molar-refractivity contribution in [1.82, 2.24) is 0 Å². The number of benzene rings is 1. The Labute approximate surface area is 83.0 Å². The Balaban J connectivity index is 2.40. The van der Waals surface area contributed by atoms with E-state index in [1.165, 1.54) is 17.2 Å². The topological polar surface area (TPSA) is 17.1 Å². The number of hydrogen-bond acceptors (Lipinski definition) is 1. The van der Waals surface area contributed by atoms with Gasteiger partial charge in [-0.1, -0.05) is 41.9 Å². The number of rotatable bonds is 4. The molecular formula is C11H11ClO. The number of hydrogen-bond donors (Lipinski definition) is 0. The second-order valence-corrected chi connectivity index (χ2v) is 3.00. The molecule has 0 atom stereocenters. The summed E-state index contributed by atoms with van der Waals surface area (Å²) in [6.07, 6.45) is 2.69. The van der Waals surface area contributed by atoms with Gasteiger partial charge in [0.1, 0.15) is 0 Å². The molecule has 0 saturated carbocycles. The Kier molecular flexibility index (Phi) is 4.27. The molecule has 1 aromatic carbocycles. The molecular weight excluding hydrogens is 184 g/mol. The summed E-state index contributed by atoms with van der Waals surface area (Å²) < 4.78 is 0. The first-order chi connectivity index (χ1) is 6.33. The minimum Gasteiger partial charge on any atom is -0.295 e. The van der Waals surface area contributed by atoms with Crippen LogP contribution in [0.25, 0.3) is 0 Å². The van der Waals surface area contributed by atoms with Gasteiger partial charge >= 0.3 is 0 Å². The Hall–Kier alpha value is -1.08. The van der Waals surface area contributed by atoms with Crippen LogP contribution in [-0.2, 0) is 11.2 Å². The summed E-state index contributed by atoms with van der Waals surface area (Å²) in [6.45, 7) is 0. The lowest BCUT2D eigenvalue weighted by atomic mass is 10.1. The van der Waals surface area contributed by atoms with Gasteiger partial charge in [-0.2, -0.15) is 0 Å². The van der Waals surface area contributed by atoms with Crippen LogP contribution in [0.15, 0.2) is 41.9 Å². The fourth-order valence-electron chi connectivity index (χ4n) is 1.07. The maximum Gasteiger partial charge on any atom is 0.156 e. The molecule has 0 heterocycles. The molecule has 0 spiro atoms. The van der Waals surface area contributed by atoms with Crippen molar-refractivity contribution in [3.05, 3.63) is 47.5 Å². The van der Waals surface area contributed by atoms with E-state index in [2.05, 4.69) is 0 Å². The molecule has 0 unspecified atom stereocenters. The second-order valence-electron chi connectivity index (χ2n) is 2.74. The molecule has 0 amide bonds. The first kappa shape index (κ1) is 10.0. The lowest BCUT2D eigenvalue weighted by Crippen LogP contribution is -1.95. The average Bonchev–Trinajstić information content (AvgIpc) is 2.17. The van der Waals surface area contributed by atoms with E-state index in [9.17, 15) is 4.79 Å². The molecule has 1 rings (SSSR count). The van der Waals surface area contributed by atoms with E-state index in [0.717, 1.165) is 6.42 Å². The van der Waals surface area contributed by atoms with Crippen molar-refractivity contribution in [3.8, 4) is 0 Å². The minimum absolute atomic E-state index is 0.0684. The van der Waals surface area contributed by atoms with Crippen molar-refractivity contribution in [2.75, 3.05) is 0 Å². The van der Waals surface area contributed by atoms with Crippen molar-refractivity contribution in [2.24, 2.45) is 0 Å². The lowest BCUT2D eigenvalue weighted by Gasteiger charge is -1.96. The summed E-state index contributed by atoms with van der Waals surface area (Å²) >= 11 is 5.28. The normalized spacial score (nSPS) is 10.5. The summed E-state index contributed by atoms with van der Waals surface area (Å²) in [7, 11) is 0. The summed E-state index contributed by atoms with van der Waals surface area (Å²) in [5.41, 5.74) is 2.44. The fourth-order valence-corrected chi connectivity index (χ4v) is 1.21. The van der Waals surface area contributed by atoms with Crippen molar-refractivity contribution in [1.29, 1.82) is 0 Å². The predicted octanol–water partition coefficient (Wildman–Crippen LogP) is 2.94. The summed E-state index contributed by atoms with van der Waals surface area (Å²) in [5.74, 6) is 0.0684. The van der Waals surface area contributed by atoms with Crippen molar-refractivity contribution in [3.63, 3.8) is 0 Å². The van der Waals surface area contributed by atoms with E-state index >= 15 is 0 Å². The van der Waals surface area contributed by atoms with Crippen LogP contribution in [0, 0.1) is 0 Å². The average molecular weight is 195 g/mol. The molecule has 0 bridgehead atoms. The van der Waals surface area contributed by atoms with Gasteiger partial charge in [0, 0.05) is 12.0 Å². The summed E-state index contributed by atoms with van der Waals surface area (Å²) in [5, 5.41) is 0. The van der Waals surface area contributed by atoms with Crippen LogP contribution < -0.4 is 0 Å². The fraction of sp³-hybridized carbons (Fsp3) is 0.182. The van der Waals surface area contributed by atoms with Crippen LogP contribution in [0.1, 0.15) is 12.0 Å². The first-order valence-corrected chi connectivity index (χ1v) is 4.60. The molecule has 0 aromatic heterocycles. The van der Waals surface area contributed by atoms with Crippen LogP contribution in [0.4, 0.5) is 0 Å². The Morgan fingerprint density at radius 1 is 1.31 bits per heavy atom. The van der Waals surface area contributed by atoms with Gasteiger partial charge in [0.05, 0.1) is 0 Å². The van der Waals surface area contributed by atoms with Gasteiger partial charge in [-0.05, 0) is 18.1 Å². The highest BCUT2D eigenvalue weighted by Crippen LogP contribution is 2.03. The minimum atomic E-state index is 0.0684. The van der Waals surface area contributed by atoms with Gasteiger partial charge in [0.15, 0.2) is 5.78 Å². The van der Waals surface area contributed by atoms with E-state index in [1.807, 2.05) is 30.3 Å². The van der Waals surface area contributed by atoms with Crippen molar-refractivity contribution in [2.45, 2.75) is 12.8 Å². The third kappa shape index (κ3) is 3.90. The largest absolute Gasteiger partial charge is 0.295 e. The molecule has 0 aliphatic carbocycles. The predicted molar refractivity (Wildman–Crippen MR) is 54.8 cm³/mol. The molecule has 0 N–H and O–H groups in total. The summed E-state index contributed by atoms with van der Waals surface area (Å²) in [4.78, 5) is 11.0. The highest BCUT2D eigenvalue weighted by Gasteiger charge is 1.97. The molecule has 0 fully saturated rings. The smallest absolute Gasteiger partial charge is 0.156 e. The van der Waals surface area contributed by atoms with Crippen molar-refractivity contribution >= 4 is 17.4 Å². The van der Waals surface area contributed by atoms with E-state index in [-0.39, 0.29) is 5.78 Å². The van der Waals surface area contributed by atoms with Crippen LogP contribution in [-0.4, -0.2) is 5.78 Å². The van der Waals surface area contributed by atoms with E-state index in [1.54, 1.807) is 0 Å². The molecule has 13 heavy (non-hydrogen) atoms. The number of ketones is 1. The second kappa shape index (κ2) is 5.55. The van der Waals surface area contributed by atoms with E-state index < -0.39 is 0 Å². The Morgan fingerprint density at radius 3 is 2.62 bits per heavy atom. The third-order valence-electron chi connectivity index (χ3n) is 1.75. The standard InChI is InChI=1S/C11H11ClO/c12-9-8-11(13)7-6-10-4-2-1-3-5-10/h1-5,8-9H,6-7H2/b9-8+. The first-order valence-electron chi connectivity index (χ1n) is 4.16. The maximum absolute atomic E-state index is 11.0. The molecule has 2 heteroatoms. The molecule has 1 nitrogen and oxygen atoms in total. The van der Waals surface area contributed by atoms with Gasteiger partial charge in [-0.3, -0.25) is 4.79 Å². The lowest BCUT2D eigenvalue weighted by molar-refractivity contribution is -0.114. The van der Waals surface area contributed by atoms with Gasteiger partial charge in [0.2, 0.25) is 0 Å². The van der Waals surface area contributed by atoms with Crippen LogP contribution in [0.3, 0.4) is 0 Å². The van der Waals surface area contributed by atoms with Gasteiger partial charge in [-0.25, -0.2) is 0 Å². The summed E-state index contributed by atoms with van der Waals surface area (Å²) in [6, 6.07) is 9.92. The highest BCUT2D eigenvalue weighted by atomic mass is 35.5. The van der Waals surface area contributed by atoms with E-state index in [0.29, 0.717) is 6.42 Å². The highest BCUT2D eigenvalue weighted by molar-refractivity contribution is 6.26. The SMILES string of the molecule is O=C(/C=C/Cl)CCc1ccccc1. The Bertz CT molecular complexity index is 290. The number of carbonyl (C=O) groups excluding carboxylic acids is 1. The number of allylic oxidation sites excluding steroid dienone is 1. The monoisotopic (exact) mass is 194 g/mol. The third-order valence-corrected chi connectivity index (χ3v) is 1.88. The zero-order valence-electron chi connectivity index (χ0n) is 7.24. The van der Waals surface area contributed by atoms with Gasteiger partial charge in [-0.15, -0.1) is 0 Å². The molecule has 0 aliphatic heterocycles. The number of carbonyl (C=O) groups is 1. The zero-order chi connectivity index (χ0) is 9.52. The number of aryl methyl sites for hydroxylation is 1. The molecule has 0 radical (unpaired) electrons. The molecule has 68 valence electrons. The van der Waals surface area contributed by atoms with Crippen LogP contribution >= 0.6 is 11.6 Å².